The maximum absolute atomic E-state index is 12.4. The number of ketones is 1. The molecule has 0 saturated heterocycles. The molecule has 2 aromatic rings. The number of hydrogen-bond donors (Lipinski definition) is 1. The molecule has 0 aliphatic heterocycles. The van der Waals surface area contributed by atoms with E-state index in [2.05, 4.69) is 15.9 Å². The molecule has 0 radical (unpaired) electrons. The molecule has 1 atom stereocenters. The van der Waals surface area contributed by atoms with Gasteiger partial charge in [-0.25, -0.2) is 0 Å². The molecule has 2 nitrogen and oxygen atoms in total. The van der Waals surface area contributed by atoms with Gasteiger partial charge in [-0.2, -0.15) is 0 Å². The summed E-state index contributed by atoms with van der Waals surface area (Å²) in [6.07, 6.45) is 0. The van der Waals surface area contributed by atoms with Crippen LogP contribution in [0.1, 0.15) is 21.8 Å². The summed E-state index contributed by atoms with van der Waals surface area (Å²) in [5.74, 6) is -0.207. The van der Waals surface area contributed by atoms with Crippen LogP contribution in [0.2, 0.25) is 0 Å². The lowest BCUT2D eigenvalue weighted by Crippen LogP contribution is -2.21. The van der Waals surface area contributed by atoms with Crippen molar-refractivity contribution < 1.29 is 4.79 Å². The Bertz CT molecular complexity index is 522. The fourth-order valence-electron chi connectivity index (χ4n) is 1.89. The minimum atomic E-state index is -0.277. The molecule has 0 heterocycles. The second-order valence-electron chi connectivity index (χ2n) is 4.07. The van der Waals surface area contributed by atoms with Crippen LogP contribution in [0.3, 0.4) is 0 Å². The largest absolute Gasteiger partial charge is 0.329 e. The third-order valence-corrected chi connectivity index (χ3v) is 3.41. The molecular weight excluding hydrogens is 290 g/mol. The second kappa shape index (κ2) is 5.94. The molecule has 0 aliphatic rings. The van der Waals surface area contributed by atoms with E-state index >= 15 is 0 Å². The highest BCUT2D eigenvalue weighted by Crippen LogP contribution is 2.22. The van der Waals surface area contributed by atoms with Crippen LogP contribution in [0.15, 0.2) is 59.1 Å². The fourth-order valence-corrected chi connectivity index (χ4v) is 2.16. The number of hydrogen-bond acceptors (Lipinski definition) is 2. The first kappa shape index (κ1) is 13.0. The molecule has 3 heteroatoms. The van der Waals surface area contributed by atoms with Crippen LogP contribution >= 0.6 is 15.9 Å². The molecule has 2 aromatic carbocycles. The van der Waals surface area contributed by atoms with Gasteiger partial charge in [-0.15, -0.1) is 0 Å². The number of carbonyl (C=O) groups excluding carboxylic acids is 1. The van der Waals surface area contributed by atoms with Crippen molar-refractivity contribution in [1.29, 1.82) is 0 Å². The van der Waals surface area contributed by atoms with Gasteiger partial charge >= 0.3 is 0 Å². The topological polar surface area (TPSA) is 43.1 Å². The van der Waals surface area contributed by atoms with Crippen molar-refractivity contribution >= 4 is 21.7 Å². The van der Waals surface area contributed by atoms with Gasteiger partial charge in [-0.1, -0.05) is 58.4 Å². The molecule has 1 unspecified atom stereocenters. The van der Waals surface area contributed by atoms with E-state index in [9.17, 15) is 4.79 Å². The molecule has 0 fully saturated rings. The molecule has 2 N–H and O–H groups in total. The van der Waals surface area contributed by atoms with Crippen LogP contribution in [0, 0.1) is 0 Å². The zero-order valence-electron chi connectivity index (χ0n) is 9.84. The van der Waals surface area contributed by atoms with Crippen LogP contribution in [0.4, 0.5) is 0 Å². The summed E-state index contributed by atoms with van der Waals surface area (Å²) in [7, 11) is 0. The Morgan fingerprint density at radius 3 is 2.22 bits per heavy atom. The van der Waals surface area contributed by atoms with E-state index < -0.39 is 0 Å². The minimum Gasteiger partial charge on any atom is -0.329 e. The monoisotopic (exact) mass is 303 g/mol. The average Bonchev–Trinajstić information content (AvgIpc) is 2.42. The van der Waals surface area contributed by atoms with Crippen LogP contribution in [-0.4, -0.2) is 12.3 Å². The normalized spacial score (nSPS) is 12.1. The highest BCUT2D eigenvalue weighted by atomic mass is 79.9. The lowest BCUT2D eigenvalue weighted by Gasteiger charge is -2.14. The number of rotatable bonds is 4. The SMILES string of the molecule is NCC(C(=O)c1ccccc1)c1ccc(Br)cc1. The van der Waals surface area contributed by atoms with E-state index in [-0.39, 0.29) is 11.7 Å². The molecule has 0 saturated carbocycles. The van der Waals surface area contributed by atoms with Gasteiger partial charge in [-0.3, -0.25) is 4.79 Å². The summed E-state index contributed by atoms with van der Waals surface area (Å²) in [6.45, 7) is 0.315. The van der Waals surface area contributed by atoms with Crippen LogP contribution in [-0.2, 0) is 0 Å². The molecule has 0 bridgehead atoms. The van der Waals surface area contributed by atoms with Crippen LogP contribution in [0.5, 0.6) is 0 Å². The second-order valence-corrected chi connectivity index (χ2v) is 4.99. The summed E-state index contributed by atoms with van der Waals surface area (Å²) in [6, 6.07) is 17.0. The Morgan fingerprint density at radius 2 is 1.67 bits per heavy atom. The van der Waals surface area contributed by atoms with E-state index in [0.717, 1.165) is 10.0 Å². The predicted octanol–water partition coefficient (Wildman–Crippen LogP) is 3.37. The van der Waals surface area contributed by atoms with Crippen molar-refractivity contribution in [2.24, 2.45) is 5.73 Å². The first-order valence-corrected chi connectivity index (χ1v) is 6.56. The molecular formula is C15H14BrNO. The highest BCUT2D eigenvalue weighted by Gasteiger charge is 2.20. The Morgan fingerprint density at radius 1 is 1.06 bits per heavy atom. The minimum absolute atomic E-state index is 0.0698. The standard InChI is InChI=1S/C15H14BrNO/c16-13-8-6-11(7-9-13)14(10-17)15(18)12-4-2-1-3-5-12/h1-9,14H,10,17H2. The summed E-state index contributed by atoms with van der Waals surface area (Å²) in [5.41, 5.74) is 7.41. The van der Waals surface area contributed by atoms with E-state index in [1.165, 1.54) is 0 Å². The van der Waals surface area contributed by atoms with Gasteiger partial charge in [0.05, 0.1) is 5.92 Å². The third kappa shape index (κ3) is 2.86. The Labute approximate surface area is 115 Å². The Hall–Kier alpha value is -1.45. The summed E-state index contributed by atoms with van der Waals surface area (Å²) in [4.78, 5) is 12.4. The molecule has 0 spiro atoms. The van der Waals surface area contributed by atoms with Gasteiger partial charge in [0, 0.05) is 16.6 Å². The van der Waals surface area contributed by atoms with E-state index in [1.807, 2.05) is 54.6 Å². The van der Waals surface area contributed by atoms with Crippen molar-refractivity contribution in [3.05, 3.63) is 70.2 Å². The van der Waals surface area contributed by atoms with Crippen molar-refractivity contribution in [1.82, 2.24) is 0 Å². The van der Waals surface area contributed by atoms with Crippen LogP contribution in [0.25, 0.3) is 0 Å². The van der Waals surface area contributed by atoms with Gasteiger partial charge < -0.3 is 5.73 Å². The lowest BCUT2D eigenvalue weighted by molar-refractivity contribution is 0.0962. The third-order valence-electron chi connectivity index (χ3n) is 2.88. The van der Waals surface area contributed by atoms with Crippen molar-refractivity contribution in [3.63, 3.8) is 0 Å². The van der Waals surface area contributed by atoms with Gasteiger partial charge in [-0.05, 0) is 17.7 Å². The number of halogens is 1. The van der Waals surface area contributed by atoms with Gasteiger partial charge in [0.2, 0.25) is 0 Å². The average molecular weight is 304 g/mol. The van der Waals surface area contributed by atoms with Crippen molar-refractivity contribution in [2.45, 2.75) is 5.92 Å². The van der Waals surface area contributed by atoms with Gasteiger partial charge in [0.1, 0.15) is 0 Å². The summed E-state index contributed by atoms with van der Waals surface area (Å²) < 4.78 is 0.995. The number of carbonyl (C=O) groups is 1. The van der Waals surface area contributed by atoms with Gasteiger partial charge in [0.25, 0.3) is 0 Å². The van der Waals surface area contributed by atoms with E-state index in [0.29, 0.717) is 12.1 Å². The highest BCUT2D eigenvalue weighted by molar-refractivity contribution is 9.10. The van der Waals surface area contributed by atoms with E-state index in [1.54, 1.807) is 0 Å². The number of benzene rings is 2. The van der Waals surface area contributed by atoms with E-state index in [4.69, 9.17) is 5.73 Å². The zero-order valence-corrected chi connectivity index (χ0v) is 11.4. The maximum atomic E-state index is 12.4. The molecule has 0 aromatic heterocycles. The lowest BCUT2D eigenvalue weighted by atomic mass is 9.91. The summed E-state index contributed by atoms with van der Waals surface area (Å²) >= 11 is 3.38. The number of Topliss-reactive ketones (excluding diaryl/α,β-unsaturated/α-hetero) is 1. The smallest absolute Gasteiger partial charge is 0.171 e. The van der Waals surface area contributed by atoms with Gasteiger partial charge in [0.15, 0.2) is 5.78 Å². The summed E-state index contributed by atoms with van der Waals surface area (Å²) in [5, 5.41) is 0. The van der Waals surface area contributed by atoms with Crippen LogP contribution < -0.4 is 5.73 Å². The zero-order chi connectivity index (χ0) is 13.0. The van der Waals surface area contributed by atoms with Crippen molar-refractivity contribution in [2.75, 3.05) is 6.54 Å². The van der Waals surface area contributed by atoms with Crippen molar-refractivity contribution in [3.8, 4) is 0 Å². The molecule has 18 heavy (non-hydrogen) atoms. The molecule has 0 aliphatic carbocycles. The first-order valence-electron chi connectivity index (χ1n) is 5.77. The molecule has 0 amide bonds. The Balaban J connectivity index is 2.29. The molecule has 2 rings (SSSR count). The first-order chi connectivity index (χ1) is 8.72. The maximum Gasteiger partial charge on any atom is 0.171 e. The Kier molecular flexibility index (Phi) is 4.28. The quantitative estimate of drug-likeness (QED) is 0.880. The number of nitrogens with two attached hydrogens (primary N) is 1. The predicted molar refractivity (Wildman–Crippen MR) is 76.7 cm³/mol. The molecule has 92 valence electrons. The fraction of sp³-hybridized carbons (Fsp3) is 0.133.